The Morgan fingerprint density at radius 3 is 2.48 bits per heavy atom. The zero-order valence-electron chi connectivity index (χ0n) is 11.0. The standard InChI is InChI=1S/C13H14Cl2F3NO2/c14-10-3-1-2-9(12(10)15)11(21)4-5-19(6-7-20)8-13(16,17)18/h1-3,20H,4-8H2. The predicted octanol–water partition coefficient (Wildman–Crippen LogP) is 3.42. The molecule has 0 aliphatic rings. The highest BCUT2D eigenvalue weighted by molar-refractivity contribution is 6.43. The van der Waals surface area contributed by atoms with Gasteiger partial charge in [0.15, 0.2) is 5.78 Å². The van der Waals surface area contributed by atoms with Crippen molar-refractivity contribution in [2.45, 2.75) is 12.6 Å². The van der Waals surface area contributed by atoms with Gasteiger partial charge in [0, 0.05) is 25.1 Å². The maximum Gasteiger partial charge on any atom is 0.401 e. The fraction of sp³-hybridized carbons (Fsp3) is 0.462. The molecule has 1 N–H and O–H groups in total. The Balaban J connectivity index is 2.67. The van der Waals surface area contributed by atoms with E-state index in [0.717, 1.165) is 4.90 Å². The second-order valence-corrected chi connectivity index (χ2v) is 5.17. The van der Waals surface area contributed by atoms with Gasteiger partial charge in [0.1, 0.15) is 0 Å². The molecule has 0 aliphatic heterocycles. The molecule has 0 saturated carbocycles. The molecule has 1 aromatic carbocycles. The highest BCUT2D eigenvalue weighted by Gasteiger charge is 2.30. The van der Waals surface area contributed by atoms with E-state index in [1.807, 2.05) is 0 Å². The molecule has 0 aliphatic carbocycles. The van der Waals surface area contributed by atoms with Gasteiger partial charge in [-0.2, -0.15) is 13.2 Å². The van der Waals surface area contributed by atoms with Gasteiger partial charge in [0.05, 0.1) is 23.2 Å². The summed E-state index contributed by atoms with van der Waals surface area (Å²) < 4.78 is 37.0. The van der Waals surface area contributed by atoms with Crippen LogP contribution in [-0.2, 0) is 0 Å². The number of alkyl halides is 3. The fourth-order valence-electron chi connectivity index (χ4n) is 1.78. The monoisotopic (exact) mass is 343 g/mol. The number of benzene rings is 1. The normalized spacial score (nSPS) is 12.0. The van der Waals surface area contributed by atoms with Crippen LogP contribution >= 0.6 is 23.2 Å². The Labute approximate surface area is 130 Å². The van der Waals surface area contributed by atoms with Crippen molar-refractivity contribution in [3.8, 4) is 0 Å². The number of carbonyl (C=O) groups excluding carboxylic acids is 1. The minimum atomic E-state index is -4.38. The van der Waals surface area contributed by atoms with E-state index in [1.165, 1.54) is 12.1 Å². The SMILES string of the molecule is O=C(CCN(CCO)CC(F)(F)F)c1cccc(Cl)c1Cl. The number of hydrogen-bond donors (Lipinski definition) is 1. The third-order valence-corrected chi connectivity index (χ3v) is 3.55. The van der Waals surface area contributed by atoms with Gasteiger partial charge in [0.25, 0.3) is 0 Å². The number of hydrogen-bond acceptors (Lipinski definition) is 3. The second kappa shape index (κ2) is 7.98. The summed E-state index contributed by atoms with van der Waals surface area (Å²) in [5.41, 5.74) is 0.181. The molecule has 0 heterocycles. The van der Waals surface area contributed by atoms with Crippen LogP contribution in [0.25, 0.3) is 0 Å². The van der Waals surface area contributed by atoms with E-state index < -0.39 is 25.1 Å². The molecule has 8 heteroatoms. The van der Waals surface area contributed by atoms with Crippen molar-refractivity contribution in [2.75, 3.05) is 26.2 Å². The molecule has 1 aromatic rings. The zero-order valence-corrected chi connectivity index (χ0v) is 12.5. The first kappa shape index (κ1) is 18.2. The van der Waals surface area contributed by atoms with Gasteiger partial charge in [-0.05, 0) is 12.1 Å². The van der Waals surface area contributed by atoms with Gasteiger partial charge < -0.3 is 5.11 Å². The average molecular weight is 344 g/mol. The number of halogens is 5. The Morgan fingerprint density at radius 1 is 1.24 bits per heavy atom. The molecule has 0 fully saturated rings. The van der Waals surface area contributed by atoms with Crippen LogP contribution in [0.2, 0.25) is 10.0 Å². The van der Waals surface area contributed by atoms with Crippen molar-refractivity contribution in [1.82, 2.24) is 4.90 Å². The first-order chi connectivity index (χ1) is 9.74. The Morgan fingerprint density at radius 2 is 1.90 bits per heavy atom. The molecule has 0 saturated heterocycles. The molecule has 21 heavy (non-hydrogen) atoms. The van der Waals surface area contributed by atoms with Crippen LogP contribution in [0.3, 0.4) is 0 Å². The van der Waals surface area contributed by atoms with Crippen LogP contribution in [0.5, 0.6) is 0 Å². The van der Waals surface area contributed by atoms with Gasteiger partial charge in [-0.3, -0.25) is 9.69 Å². The highest BCUT2D eigenvalue weighted by atomic mass is 35.5. The molecule has 0 unspecified atom stereocenters. The summed E-state index contributed by atoms with van der Waals surface area (Å²) >= 11 is 11.7. The summed E-state index contributed by atoms with van der Waals surface area (Å²) in [5, 5.41) is 9.07. The van der Waals surface area contributed by atoms with E-state index in [1.54, 1.807) is 6.07 Å². The predicted molar refractivity (Wildman–Crippen MR) is 75.0 cm³/mol. The molecule has 0 aromatic heterocycles. The fourth-order valence-corrected chi connectivity index (χ4v) is 2.18. The second-order valence-electron chi connectivity index (χ2n) is 4.39. The largest absolute Gasteiger partial charge is 0.401 e. The minimum absolute atomic E-state index is 0.0914. The maximum absolute atomic E-state index is 12.3. The smallest absolute Gasteiger partial charge is 0.395 e. The van der Waals surface area contributed by atoms with Crippen molar-refractivity contribution in [3.05, 3.63) is 33.8 Å². The number of Topliss-reactive ketones (excluding diaryl/α,β-unsaturated/α-hetero) is 1. The van der Waals surface area contributed by atoms with E-state index in [9.17, 15) is 18.0 Å². The van der Waals surface area contributed by atoms with Crippen molar-refractivity contribution in [1.29, 1.82) is 0 Å². The summed E-state index contributed by atoms with van der Waals surface area (Å²) in [4.78, 5) is 12.9. The molecule has 0 atom stereocenters. The van der Waals surface area contributed by atoms with E-state index in [0.29, 0.717) is 0 Å². The quantitative estimate of drug-likeness (QED) is 0.771. The van der Waals surface area contributed by atoms with Crippen molar-refractivity contribution in [3.63, 3.8) is 0 Å². The van der Waals surface area contributed by atoms with Crippen LogP contribution in [0.1, 0.15) is 16.8 Å². The number of ketones is 1. The van der Waals surface area contributed by atoms with Gasteiger partial charge in [0.2, 0.25) is 0 Å². The third kappa shape index (κ3) is 6.22. The number of nitrogens with zero attached hydrogens (tertiary/aromatic N) is 1. The van der Waals surface area contributed by atoms with Crippen molar-refractivity contribution < 1.29 is 23.1 Å². The minimum Gasteiger partial charge on any atom is -0.395 e. The molecule has 0 amide bonds. The van der Waals surface area contributed by atoms with Gasteiger partial charge in [-0.25, -0.2) is 0 Å². The Kier molecular flexibility index (Phi) is 6.93. The Hall–Kier alpha value is -0.820. The van der Waals surface area contributed by atoms with Crippen LogP contribution in [0.15, 0.2) is 18.2 Å². The third-order valence-electron chi connectivity index (χ3n) is 2.73. The molecule has 1 rings (SSSR count). The first-order valence-corrected chi connectivity index (χ1v) is 6.87. The maximum atomic E-state index is 12.3. The van der Waals surface area contributed by atoms with Crippen LogP contribution in [-0.4, -0.2) is 48.2 Å². The number of carbonyl (C=O) groups is 1. The molecule has 3 nitrogen and oxygen atoms in total. The van der Waals surface area contributed by atoms with Crippen molar-refractivity contribution in [2.24, 2.45) is 0 Å². The molecule has 0 radical (unpaired) electrons. The molecular weight excluding hydrogens is 330 g/mol. The van der Waals surface area contributed by atoms with Gasteiger partial charge in [-0.15, -0.1) is 0 Å². The van der Waals surface area contributed by atoms with E-state index >= 15 is 0 Å². The van der Waals surface area contributed by atoms with Crippen LogP contribution in [0, 0.1) is 0 Å². The molecule has 118 valence electrons. The topological polar surface area (TPSA) is 40.5 Å². The van der Waals surface area contributed by atoms with E-state index in [-0.39, 0.29) is 35.1 Å². The lowest BCUT2D eigenvalue weighted by Gasteiger charge is -2.22. The van der Waals surface area contributed by atoms with Gasteiger partial charge >= 0.3 is 6.18 Å². The lowest BCUT2D eigenvalue weighted by Crippen LogP contribution is -2.37. The van der Waals surface area contributed by atoms with Gasteiger partial charge in [-0.1, -0.05) is 29.3 Å². The summed E-state index contributed by atoms with van der Waals surface area (Å²) in [6.45, 7) is -1.87. The van der Waals surface area contributed by atoms with Crippen LogP contribution < -0.4 is 0 Å². The zero-order chi connectivity index (χ0) is 16.0. The average Bonchev–Trinajstić information content (AvgIpc) is 2.37. The number of rotatable bonds is 7. The lowest BCUT2D eigenvalue weighted by atomic mass is 10.1. The van der Waals surface area contributed by atoms with E-state index in [2.05, 4.69) is 0 Å². The van der Waals surface area contributed by atoms with Crippen molar-refractivity contribution >= 4 is 29.0 Å². The lowest BCUT2D eigenvalue weighted by molar-refractivity contribution is -0.146. The molecule has 0 spiro atoms. The Bertz CT molecular complexity index is 495. The number of aliphatic hydroxyl groups is 1. The summed E-state index contributed by atoms with van der Waals surface area (Å²) in [5.74, 6) is -0.396. The summed E-state index contributed by atoms with van der Waals surface area (Å²) in [6, 6.07) is 4.53. The molecular formula is C13H14Cl2F3NO2. The van der Waals surface area contributed by atoms with E-state index in [4.69, 9.17) is 28.3 Å². The van der Waals surface area contributed by atoms with Crippen LogP contribution in [0.4, 0.5) is 13.2 Å². The first-order valence-electron chi connectivity index (χ1n) is 6.12. The highest BCUT2D eigenvalue weighted by Crippen LogP contribution is 2.26. The number of aliphatic hydroxyl groups excluding tert-OH is 1. The molecule has 0 bridgehead atoms. The summed E-state index contributed by atoms with van der Waals surface area (Å²) in [6.07, 6.45) is -4.53. The summed E-state index contributed by atoms with van der Waals surface area (Å²) in [7, 11) is 0.